The van der Waals surface area contributed by atoms with Gasteiger partial charge in [-0.1, -0.05) is 37.3 Å². The molecule has 0 bridgehead atoms. The van der Waals surface area contributed by atoms with Crippen LogP contribution in [0, 0.1) is 0 Å². The van der Waals surface area contributed by atoms with Crippen molar-refractivity contribution < 1.29 is 0 Å². The second-order valence-electron chi connectivity index (χ2n) is 5.08. The van der Waals surface area contributed by atoms with Crippen LogP contribution < -0.4 is 5.32 Å². The Balaban J connectivity index is 1.81. The molecule has 1 unspecified atom stereocenters. The first-order chi connectivity index (χ1) is 8.29. The minimum atomic E-state index is 0.612. The van der Waals surface area contributed by atoms with Crippen LogP contribution in [-0.2, 0) is 6.54 Å². The Bertz CT molecular complexity index is 319. The lowest BCUT2D eigenvalue weighted by molar-refractivity contribution is 0.206. The molecule has 1 saturated carbocycles. The summed E-state index contributed by atoms with van der Waals surface area (Å²) in [6, 6.07) is 12.2. The number of hydrogen-bond donors (Lipinski definition) is 1. The molecule has 0 spiro atoms. The number of rotatable bonds is 7. The molecule has 0 heterocycles. The number of benzene rings is 1. The highest BCUT2D eigenvalue weighted by molar-refractivity contribution is 5.14. The summed E-state index contributed by atoms with van der Waals surface area (Å²) >= 11 is 0. The molecule has 1 atom stereocenters. The van der Waals surface area contributed by atoms with Gasteiger partial charge in [0.2, 0.25) is 0 Å². The Morgan fingerprint density at radius 3 is 2.59 bits per heavy atom. The predicted molar refractivity (Wildman–Crippen MR) is 73.0 cm³/mol. The maximum Gasteiger partial charge on any atom is 0.0236 e. The molecule has 0 saturated heterocycles. The SMILES string of the molecule is CCN(Cc1ccccc1)C(C)CNC1CC1. The molecule has 1 N–H and O–H groups in total. The topological polar surface area (TPSA) is 15.3 Å². The summed E-state index contributed by atoms with van der Waals surface area (Å²) in [5.41, 5.74) is 1.41. The van der Waals surface area contributed by atoms with Gasteiger partial charge in [0, 0.05) is 25.2 Å². The quantitative estimate of drug-likeness (QED) is 0.777. The van der Waals surface area contributed by atoms with Gasteiger partial charge in [-0.05, 0) is 31.9 Å². The third-order valence-corrected chi connectivity index (χ3v) is 3.54. The Hall–Kier alpha value is -0.860. The van der Waals surface area contributed by atoms with Gasteiger partial charge in [-0.3, -0.25) is 4.90 Å². The smallest absolute Gasteiger partial charge is 0.0236 e. The maximum absolute atomic E-state index is 3.62. The predicted octanol–water partition coefficient (Wildman–Crippen LogP) is 2.65. The fraction of sp³-hybridized carbons (Fsp3) is 0.600. The highest BCUT2D eigenvalue weighted by atomic mass is 15.2. The molecule has 0 aromatic heterocycles. The lowest BCUT2D eigenvalue weighted by atomic mass is 10.2. The first kappa shape index (κ1) is 12.6. The lowest BCUT2D eigenvalue weighted by Gasteiger charge is -2.28. The molecule has 2 heteroatoms. The van der Waals surface area contributed by atoms with Crippen molar-refractivity contribution in [1.29, 1.82) is 0 Å². The van der Waals surface area contributed by atoms with Gasteiger partial charge in [0.15, 0.2) is 0 Å². The number of nitrogens with one attached hydrogen (secondary N) is 1. The minimum Gasteiger partial charge on any atom is -0.312 e. The van der Waals surface area contributed by atoms with Crippen LogP contribution >= 0.6 is 0 Å². The maximum atomic E-state index is 3.62. The molecule has 1 aliphatic carbocycles. The zero-order chi connectivity index (χ0) is 12.1. The molecule has 94 valence electrons. The van der Waals surface area contributed by atoms with Crippen LogP contribution in [0.4, 0.5) is 0 Å². The van der Waals surface area contributed by atoms with E-state index in [0.29, 0.717) is 6.04 Å². The molecule has 0 aliphatic heterocycles. The average molecular weight is 232 g/mol. The van der Waals surface area contributed by atoms with Crippen LogP contribution in [0.3, 0.4) is 0 Å². The van der Waals surface area contributed by atoms with E-state index < -0.39 is 0 Å². The highest BCUT2D eigenvalue weighted by Gasteiger charge is 2.22. The van der Waals surface area contributed by atoms with E-state index in [-0.39, 0.29) is 0 Å². The van der Waals surface area contributed by atoms with E-state index in [1.165, 1.54) is 18.4 Å². The summed E-state index contributed by atoms with van der Waals surface area (Å²) in [7, 11) is 0. The fourth-order valence-corrected chi connectivity index (χ4v) is 2.15. The van der Waals surface area contributed by atoms with E-state index >= 15 is 0 Å². The van der Waals surface area contributed by atoms with E-state index in [0.717, 1.165) is 25.7 Å². The highest BCUT2D eigenvalue weighted by Crippen LogP contribution is 2.18. The van der Waals surface area contributed by atoms with Crippen molar-refractivity contribution in [1.82, 2.24) is 10.2 Å². The summed E-state index contributed by atoms with van der Waals surface area (Å²) in [6.45, 7) is 7.86. The van der Waals surface area contributed by atoms with Crippen LogP contribution in [0.15, 0.2) is 30.3 Å². The molecular weight excluding hydrogens is 208 g/mol. The van der Waals surface area contributed by atoms with Crippen molar-refractivity contribution in [2.45, 2.75) is 45.3 Å². The lowest BCUT2D eigenvalue weighted by Crippen LogP contribution is -2.40. The Morgan fingerprint density at radius 1 is 1.29 bits per heavy atom. The third-order valence-electron chi connectivity index (χ3n) is 3.54. The fourth-order valence-electron chi connectivity index (χ4n) is 2.15. The van der Waals surface area contributed by atoms with Gasteiger partial charge in [-0.15, -0.1) is 0 Å². The summed E-state index contributed by atoms with van der Waals surface area (Å²) in [5, 5.41) is 3.62. The van der Waals surface area contributed by atoms with Crippen molar-refractivity contribution in [2.75, 3.05) is 13.1 Å². The van der Waals surface area contributed by atoms with Crippen LogP contribution in [0.25, 0.3) is 0 Å². The van der Waals surface area contributed by atoms with Crippen LogP contribution in [0.5, 0.6) is 0 Å². The van der Waals surface area contributed by atoms with E-state index in [9.17, 15) is 0 Å². The Kier molecular flexibility index (Phi) is 4.57. The van der Waals surface area contributed by atoms with E-state index in [2.05, 4.69) is 54.4 Å². The van der Waals surface area contributed by atoms with Crippen molar-refractivity contribution in [2.24, 2.45) is 0 Å². The van der Waals surface area contributed by atoms with E-state index in [1.54, 1.807) is 0 Å². The molecule has 2 rings (SSSR count). The van der Waals surface area contributed by atoms with Gasteiger partial charge < -0.3 is 5.32 Å². The van der Waals surface area contributed by atoms with Crippen molar-refractivity contribution in [3.63, 3.8) is 0 Å². The van der Waals surface area contributed by atoms with E-state index in [4.69, 9.17) is 0 Å². The summed E-state index contributed by atoms with van der Waals surface area (Å²) in [4.78, 5) is 2.53. The van der Waals surface area contributed by atoms with Crippen LogP contribution in [0.2, 0.25) is 0 Å². The van der Waals surface area contributed by atoms with Gasteiger partial charge in [-0.25, -0.2) is 0 Å². The van der Waals surface area contributed by atoms with Crippen molar-refractivity contribution in [3.8, 4) is 0 Å². The number of hydrogen-bond acceptors (Lipinski definition) is 2. The summed E-state index contributed by atoms with van der Waals surface area (Å²) in [6.07, 6.45) is 2.75. The van der Waals surface area contributed by atoms with Gasteiger partial charge in [-0.2, -0.15) is 0 Å². The normalized spacial score (nSPS) is 17.4. The Morgan fingerprint density at radius 2 is 2.00 bits per heavy atom. The van der Waals surface area contributed by atoms with Crippen LogP contribution in [0.1, 0.15) is 32.3 Å². The molecule has 1 aromatic carbocycles. The average Bonchev–Trinajstić information content (AvgIpc) is 3.18. The van der Waals surface area contributed by atoms with Gasteiger partial charge in [0.25, 0.3) is 0 Å². The Labute approximate surface area is 105 Å². The van der Waals surface area contributed by atoms with Gasteiger partial charge in [0.05, 0.1) is 0 Å². The molecule has 2 nitrogen and oxygen atoms in total. The molecule has 0 radical (unpaired) electrons. The molecule has 1 aliphatic rings. The first-order valence-electron chi connectivity index (χ1n) is 6.81. The van der Waals surface area contributed by atoms with E-state index in [1.807, 2.05) is 0 Å². The standard InChI is InChI=1S/C15H24N2/c1-3-17(12-14-7-5-4-6-8-14)13(2)11-16-15-9-10-15/h4-8,13,15-16H,3,9-12H2,1-2H3. The molecule has 1 fully saturated rings. The monoisotopic (exact) mass is 232 g/mol. The van der Waals surface area contributed by atoms with Gasteiger partial charge >= 0.3 is 0 Å². The summed E-state index contributed by atoms with van der Waals surface area (Å²) < 4.78 is 0. The molecule has 17 heavy (non-hydrogen) atoms. The number of nitrogens with zero attached hydrogens (tertiary/aromatic N) is 1. The van der Waals surface area contributed by atoms with Crippen molar-refractivity contribution >= 4 is 0 Å². The number of likely N-dealkylation sites (N-methyl/N-ethyl adjacent to an activating group) is 1. The minimum absolute atomic E-state index is 0.612. The van der Waals surface area contributed by atoms with Crippen molar-refractivity contribution in [3.05, 3.63) is 35.9 Å². The zero-order valence-corrected chi connectivity index (χ0v) is 11.0. The second kappa shape index (κ2) is 6.18. The molecule has 0 amide bonds. The third kappa shape index (κ3) is 4.14. The molecule has 1 aromatic rings. The van der Waals surface area contributed by atoms with Crippen LogP contribution in [-0.4, -0.2) is 30.1 Å². The second-order valence-corrected chi connectivity index (χ2v) is 5.08. The first-order valence-corrected chi connectivity index (χ1v) is 6.81. The summed E-state index contributed by atoms with van der Waals surface area (Å²) in [5.74, 6) is 0. The molecular formula is C15H24N2. The van der Waals surface area contributed by atoms with Gasteiger partial charge in [0.1, 0.15) is 0 Å². The zero-order valence-electron chi connectivity index (χ0n) is 11.0. The largest absolute Gasteiger partial charge is 0.312 e.